The number of para-hydroxylation sites is 1. The number of halogens is 3. The first-order chi connectivity index (χ1) is 12.4. The van der Waals surface area contributed by atoms with Gasteiger partial charge in [0.25, 0.3) is 0 Å². The fraction of sp³-hybridized carbons (Fsp3) is 0.222. The molecule has 0 bridgehead atoms. The molecular formula is C18H15F3N2O3. The monoisotopic (exact) mass is 364 g/mol. The maximum atomic E-state index is 12.8. The van der Waals surface area contributed by atoms with E-state index in [2.05, 4.69) is 4.99 Å². The van der Waals surface area contributed by atoms with Crippen LogP contribution in [-0.4, -0.2) is 18.5 Å². The Morgan fingerprint density at radius 3 is 2.38 bits per heavy atom. The second kappa shape index (κ2) is 7.07. The Balaban J connectivity index is 1.95. The van der Waals surface area contributed by atoms with E-state index < -0.39 is 23.9 Å². The number of alkyl halides is 3. The van der Waals surface area contributed by atoms with Crippen LogP contribution in [0.1, 0.15) is 24.2 Å². The van der Waals surface area contributed by atoms with Gasteiger partial charge in [-0.05, 0) is 36.8 Å². The molecule has 26 heavy (non-hydrogen) atoms. The Labute approximate surface area is 147 Å². The lowest BCUT2D eigenvalue weighted by molar-refractivity contribution is -0.138. The molecule has 0 saturated heterocycles. The number of nitrogens with zero attached hydrogens (tertiary/aromatic N) is 2. The molecule has 2 aromatic rings. The van der Waals surface area contributed by atoms with Gasteiger partial charge in [-0.25, -0.2) is 9.79 Å². The van der Waals surface area contributed by atoms with Gasteiger partial charge in [0, 0.05) is 0 Å². The topological polar surface area (TPSA) is 51.1 Å². The minimum absolute atomic E-state index is 0.150. The lowest BCUT2D eigenvalue weighted by Crippen LogP contribution is -2.26. The molecule has 0 amide bonds. The maximum Gasteiger partial charge on any atom is 0.416 e. The van der Waals surface area contributed by atoms with Crippen molar-refractivity contribution in [2.24, 2.45) is 4.99 Å². The van der Waals surface area contributed by atoms with Gasteiger partial charge in [0.15, 0.2) is 6.17 Å². The summed E-state index contributed by atoms with van der Waals surface area (Å²) in [5.41, 5.74) is 0.280. The zero-order valence-corrected chi connectivity index (χ0v) is 13.7. The molecule has 0 N–H and O–H groups in total. The van der Waals surface area contributed by atoms with E-state index in [1.54, 1.807) is 37.3 Å². The molecule has 0 aliphatic carbocycles. The number of benzene rings is 2. The first-order valence-corrected chi connectivity index (χ1v) is 7.84. The summed E-state index contributed by atoms with van der Waals surface area (Å²) in [5, 5.41) is 1.36. The van der Waals surface area contributed by atoms with Crippen LogP contribution < -0.4 is 5.06 Å². The van der Waals surface area contributed by atoms with Crippen LogP contribution in [0, 0.1) is 0 Å². The lowest BCUT2D eigenvalue weighted by atomic mass is 10.1. The third-order valence-corrected chi connectivity index (χ3v) is 3.64. The van der Waals surface area contributed by atoms with Crippen LogP contribution in [0.25, 0.3) is 0 Å². The van der Waals surface area contributed by atoms with Crippen molar-refractivity contribution in [2.45, 2.75) is 19.3 Å². The number of ether oxygens (including phenoxy) is 1. The Kier molecular flexibility index (Phi) is 4.83. The zero-order chi connectivity index (χ0) is 18.7. The molecule has 2 aromatic carbocycles. The van der Waals surface area contributed by atoms with Crippen LogP contribution >= 0.6 is 0 Å². The predicted octanol–water partition coefficient (Wildman–Crippen LogP) is 4.12. The van der Waals surface area contributed by atoms with Crippen molar-refractivity contribution in [3.63, 3.8) is 0 Å². The SMILES string of the molecule is CCOC(=O)C1=NC(c2ccc(C(F)(F)F)cc2)N(c2ccccc2)O1. The number of aliphatic imine (C=N–C) groups is 1. The highest BCUT2D eigenvalue weighted by Gasteiger charge is 2.36. The largest absolute Gasteiger partial charge is 0.459 e. The molecule has 0 spiro atoms. The van der Waals surface area contributed by atoms with E-state index in [4.69, 9.17) is 9.57 Å². The molecule has 5 nitrogen and oxygen atoms in total. The van der Waals surface area contributed by atoms with E-state index in [1.807, 2.05) is 0 Å². The molecular weight excluding hydrogens is 349 g/mol. The minimum Gasteiger partial charge on any atom is -0.459 e. The zero-order valence-electron chi connectivity index (χ0n) is 13.7. The van der Waals surface area contributed by atoms with Crippen molar-refractivity contribution >= 4 is 17.6 Å². The molecule has 8 heteroatoms. The van der Waals surface area contributed by atoms with Crippen LogP contribution in [-0.2, 0) is 20.5 Å². The quantitative estimate of drug-likeness (QED) is 0.766. The van der Waals surface area contributed by atoms with Crippen LogP contribution in [0.5, 0.6) is 0 Å². The van der Waals surface area contributed by atoms with Gasteiger partial charge in [0.1, 0.15) is 0 Å². The summed E-state index contributed by atoms with van der Waals surface area (Å²) in [7, 11) is 0. The summed E-state index contributed by atoms with van der Waals surface area (Å²) in [6.07, 6.45) is -5.23. The lowest BCUT2D eigenvalue weighted by Gasteiger charge is -2.23. The van der Waals surface area contributed by atoms with E-state index >= 15 is 0 Å². The summed E-state index contributed by atoms with van der Waals surface area (Å²) in [6, 6.07) is 13.4. The van der Waals surface area contributed by atoms with Crippen LogP contribution in [0.2, 0.25) is 0 Å². The highest BCUT2D eigenvalue weighted by atomic mass is 19.4. The van der Waals surface area contributed by atoms with E-state index in [9.17, 15) is 18.0 Å². The van der Waals surface area contributed by atoms with E-state index in [0.29, 0.717) is 11.3 Å². The third-order valence-electron chi connectivity index (χ3n) is 3.64. The van der Waals surface area contributed by atoms with Gasteiger partial charge in [-0.1, -0.05) is 30.3 Å². The average Bonchev–Trinajstić information content (AvgIpc) is 3.07. The van der Waals surface area contributed by atoms with Crippen LogP contribution in [0.4, 0.5) is 18.9 Å². The summed E-state index contributed by atoms with van der Waals surface area (Å²) in [6.45, 7) is 1.80. The summed E-state index contributed by atoms with van der Waals surface area (Å²) in [4.78, 5) is 21.6. The molecule has 1 aliphatic heterocycles. The molecule has 3 rings (SSSR count). The molecule has 1 unspecified atom stereocenters. The second-order valence-corrected chi connectivity index (χ2v) is 5.40. The molecule has 1 atom stereocenters. The van der Waals surface area contributed by atoms with Crippen molar-refractivity contribution in [2.75, 3.05) is 11.7 Å². The number of rotatable bonds is 4. The predicted molar refractivity (Wildman–Crippen MR) is 88.3 cm³/mol. The second-order valence-electron chi connectivity index (χ2n) is 5.40. The molecule has 0 radical (unpaired) electrons. The number of anilines is 1. The average molecular weight is 364 g/mol. The van der Waals surface area contributed by atoms with Gasteiger partial charge in [0.05, 0.1) is 17.9 Å². The van der Waals surface area contributed by atoms with Gasteiger partial charge >= 0.3 is 18.0 Å². The Bertz CT molecular complexity index is 805. The van der Waals surface area contributed by atoms with Gasteiger partial charge < -0.3 is 9.57 Å². The highest BCUT2D eigenvalue weighted by Crippen LogP contribution is 2.35. The van der Waals surface area contributed by atoms with Crippen molar-refractivity contribution in [3.8, 4) is 0 Å². The van der Waals surface area contributed by atoms with Crippen molar-refractivity contribution in [1.82, 2.24) is 0 Å². The number of carbonyl (C=O) groups is 1. The number of hydrogen-bond donors (Lipinski definition) is 0. The minimum atomic E-state index is -4.43. The molecule has 0 fully saturated rings. The van der Waals surface area contributed by atoms with Gasteiger partial charge in [0.2, 0.25) is 0 Å². The highest BCUT2D eigenvalue weighted by molar-refractivity contribution is 6.33. The van der Waals surface area contributed by atoms with Crippen molar-refractivity contribution in [3.05, 3.63) is 65.7 Å². The molecule has 1 heterocycles. The standard InChI is InChI=1S/C18H15F3N2O3/c1-2-25-17(24)16-22-15(23(26-16)14-6-4-3-5-7-14)12-8-10-13(11-9-12)18(19,20)21/h3-11,15H,2H2,1H3. The van der Waals surface area contributed by atoms with Crippen LogP contribution in [0.15, 0.2) is 59.6 Å². The number of hydroxylamine groups is 1. The van der Waals surface area contributed by atoms with Gasteiger partial charge in [-0.3, -0.25) is 0 Å². The molecule has 0 saturated carbocycles. The van der Waals surface area contributed by atoms with Crippen molar-refractivity contribution < 1.29 is 27.5 Å². The maximum absolute atomic E-state index is 12.8. The van der Waals surface area contributed by atoms with E-state index in [0.717, 1.165) is 12.1 Å². The Morgan fingerprint density at radius 2 is 1.81 bits per heavy atom. The normalized spacial score (nSPS) is 16.8. The first-order valence-electron chi connectivity index (χ1n) is 7.84. The Hall–Kier alpha value is -3.03. The van der Waals surface area contributed by atoms with Gasteiger partial charge in [-0.15, -0.1) is 0 Å². The van der Waals surface area contributed by atoms with Crippen molar-refractivity contribution in [1.29, 1.82) is 0 Å². The third kappa shape index (κ3) is 3.63. The smallest absolute Gasteiger partial charge is 0.416 e. The van der Waals surface area contributed by atoms with E-state index in [-0.39, 0.29) is 12.5 Å². The summed E-state index contributed by atoms with van der Waals surface area (Å²) < 4.78 is 43.2. The molecule has 136 valence electrons. The molecule has 0 aromatic heterocycles. The summed E-state index contributed by atoms with van der Waals surface area (Å²) >= 11 is 0. The number of carbonyl (C=O) groups excluding carboxylic acids is 1. The van der Waals surface area contributed by atoms with Crippen LogP contribution in [0.3, 0.4) is 0 Å². The van der Waals surface area contributed by atoms with Gasteiger partial charge in [-0.2, -0.15) is 18.2 Å². The first kappa shape index (κ1) is 17.8. The summed E-state index contributed by atoms with van der Waals surface area (Å²) in [5.74, 6) is -0.983. The fourth-order valence-corrected chi connectivity index (χ4v) is 2.44. The Morgan fingerprint density at radius 1 is 1.15 bits per heavy atom. The fourth-order valence-electron chi connectivity index (χ4n) is 2.44. The number of hydrogen-bond acceptors (Lipinski definition) is 5. The molecule has 1 aliphatic rings. The number of esters is 1. The van der Waals surface area contributed by atoms with E-state index in [1.165, 1.54) is 17.2 Å².